The first-order valence-corrected chi connectivity index (χ1v) is 10.1. The first kappa shape index (κ1) is 22.0. The quantitative estimate of drug-likeness (QED) is 0.578. The second kappa shape index (κ2) is 8.02. The van der Waals surface area contributed by atoms with Gasteiger partial charge in [0.25, 0.3) is 5.92 Å². The molecule has 2 atom stereocenters. The molecular formula is C23H20F4N4O. The van der Waals surface area contributed by atoms with Crippen molar-refractivity contribution in [1.82, 2.24) is 14.8 Å². The number of alkyl halides is 3. The molecule has 1 heterocycles. The van der Waals surface area contributed by atoms with E-state index in [1.807, 2.05) is 6.07 Å². The summed E-state index contributed by atoms with van der Waals surface area (Å²) in [5.74, 6) is -3.82. The van der Waals surface area contributed by atoms with Gasteiger partial charge in [-0.2, -0.15) is 10.4 Å². The van der Waals surface area contributed by atoms with Gasteiger partial charge in [-0.3, -0.25) is 0 Å². The summed E-state index contributed by atoms with van der Waals surface area (Å²) >= 11 is 0. The summed E-state index contributed by atoms with van der Waals surface area (Å²) in [7, 11) is 1.61. The number of benzene rings is 2. The number of rotatable bonds is 5. The number of nitrogens with zero attached hydrogens (tertiary/aromatic N) is 4. The molecule has 9 heteroatoms. The van der Waals surface area contributed by atoms with Crippen LogP contribution in [0, 0.1) is 17.1 Å². The van der Waals surface area contributed by atoms with Crippen molar-refractivity contribution >= 4 is 0 Å². The van der Waals surface area contributed by atoms with Crippen LogP contribution in [0.2, 0.25) is 0 Å². The van der Waals surface area contributed by atoms with E-state index in [-0.39, 0.29) is 40.7 Å². The van der Waals surface area contributed by atoms with Crippen LogP contribution in [0.15, 0.2) is 30.6 Å². The third-order valence-corrected chi connectivity index (χ3v) is 5.93. The van der Waals surface area contributed by atoms with Crippen molar-refractivity contribution in [3.63, 3.8) is 0 Å². The second-order valence-corrected chi connectivity index (χ2v) is 7.90. The fourth-order valence-electron chi connectivity index (χ4n) is 4.32. The Hall–Kier alpha value is -3.25. The lowest BCUT2D eigenvalue weighted by Gasteiger charge is -2.18. The first-order valence-electron chi connectivity index (χ1n) is 10.1. The van der Waals surface area contributed by atoms with Crippen LogP contribution in [-0.2, 0) is 19.9 Å². The Kier molecular flexibility index (Phi) is 5.51. The zero-order valence-corrected chi connectivity index (χ0v) is 17.4. The Bertz CT molecular complexity index is 1230. The molecule has 1 aliphatic carbocycles. The predicted molar refractivity (Wildman–Crippen MR) is 108 cm³/mol. The van der Waals surface area contributed by atoms with E-state index in [9.17, 15) is 27.9 Å². The monoisotopic (exact) mass is 444 g/mol. The Morgan fingerprint density at radius 1 is 1.34 bits per heavy atom. The molecule has 32 heavy (non-hydrogen) atoms. The number of fused-ring (bicyclic) bond motifs is 1. The lowest BCUT2D eigenvalue weighted by molar-refractivity contribution is -0.0966. The van der Waals surface area contributed by atoms with Gasteiger partial charge in [-0.1, -0.05) is 19.1 Å². The molecule has 0 bridgehead atoms. The highest BCUT2D eigenvalue weighted by Gasteiger charge is 2.49. The van der Waals surface area contributed by atoms with E-state index in [0.29, 0.717) is 17.0 Å². The number of nitriles is 1. The number of hydrogen-bond donors (Lipinski definition) is 1. The van der Waals surface area contributed by atoms with E-state index in [4.69, 9.17) is 0 Å². The van der Waals surface area contributed by atoms with Crippen LogP contribution < -0.4 is 0 Å². The molecule has 0 radical (unpaired) electrons. The van der Waals surface area contributed by atoms with Gasteiger partial charge in [0, 0.05) is 24.6 Å². The Labute approximate surface area is 182 Å². The lowest BCUT2D eigenvalue weighted by Crippen LogP contribution is -2.21. The van der Waals surface area contributed by atoms with Crippen LogP contribution in [0.4, 0.5) is 17.6 Å². The normalized spacial score (nSPS) is 17.8. The minimum Gasteiger partial charge on any atom is -0.382 e. The minimum absolute atomic E-state index is 0.0282. The molecule has 2 unspecified atom stereocenters. The van der Waals surface area contributed by atoms with Crippen LogP contribution in [0.25, 0.3) is 11.4 Å². The molecule has 0 spiro atoms. The molecule has 1 aromatic heterocycles. The molecule has 1 aliphatic rings. The van der Waals surface area contributed by atoms with Gasteiger partial charge < -0.3 is 5.11 Å². The number of aryl methyl sites for hydroxylation is 1. The maximum atomic E-state index is 14.6. The van der Waals surface area contributed by atoms with Gasteiger partial charge in [0.2, 0.25) is 0 Å². The maximum Gasteiger partial charge on any atom is 0.281 e. The summed E-state index contributed by atoms with van der Waals surface area (Å²) in [6, 6.07) is 7.10. The van der Waals surface area contributed by atoms with Crippen molar-refractivity contribution in [1.29, 1.82) is 5.26 Å². The van der Waals surface area contributed by atoms with Crippen molar-refractivity contribution in [2.45, 2.75) is 44.4 Å². The first-order chi connectivity index (χ1) is 15.2. The Morgan fingerprint density at radius 3 is 2.72 bits per heavy atom. The van der Waals surface area contributed by atoms with Crippen LogP contribution in [0.5, 0.6) is 0 Å². The molecule has 5 nitrogen and oxygen atoms in total. The van der Waals surface area contributed by atoms with Gasteiger partial charge in [0.05, 0.1) is 11.6 Å². The molecular weight excluding hydrogens is 424 g/mol. The van der Waals surface area contributed by atoms with E-state index in [0.717, 1.165) is 12.1 Å². The summed E-state index contributed by atoms with van der Waals surface area (Å²) in [4.78, 5) is 4.11. The van der Waals surface area contributed by atoms with E-state index in [1.54, 1.807) is 26.1 Å². The van der Waals surface area contributed by atoms with E-state index >= 15 is 0 Å². The Balaban J connectivity index is 1.90. The van der Waals surface area contributed by atoms with Crippen LogP contribution in [-0.4, -0.2) is 25.8 Å². The summed E-state index contributed by atoms with van der Waals surface area (Å²) in [5.41, 5.74) is 1.22. The molecule has 0 saturated carbocycles. The predicted octanol–water partition coefficient (Wildman–Crippen LogP) is 4.73. The van der Waals surface area contributed by atoms with Gasteiger partial charge in [0.15, 0.2) is 5.82 Å². The van der Waals surface area contributed by atoms with Crippen molar-refractivity contribution in [2.24, 2.45) is 7.05 Å². The molecule has 0 fully saturated rings. The SMILES string of the molecule is CCC(F)c1cc(F)cc(C#N)c1Cc1ccc(-c2ncnn2C)c2c1CC(F)(F)C2O. The average Bonchev–Trinajstić information content (AvgIpc) is 3.29. The van der Waals surface area contributed by atoms with E-state index in [1.165, 1.54) is 11.0 Å². The summed E-state index contributed by atoms with van der Waals surface area (Å²) in [5, 5.41) is 23.9. The molecule has 3 aromatic rings. The van der Waals surface area contributed by atoms with Crippen molar-refractivity contribution in [2.75, 3.05) is 0 Å². The summed E-state index contributed by atoms with van der Waals surface area (Å²) in [6.07, 6.45) is -2.96. The number of hydrogen-bond acceptors (Lipinski definition) is 4. The highest BCUT2D eigenvalue weighted by atomic mass is 19.3. The highest BCUT2D eigenvalue weighted by Crippen LogP contribution is 2.48. The average molecular weight is 444 g/mol. The topological polar surface area (TPSA) is 74.7 Å². The third-order valence-electron chi connectivity index (χ3n) is 5.93. The number of aliphatic hydroxyl groups excluding tert-OH is 1. The number of aliphatic hydroxyl groups is 1. The minimum atomic E-state index is -3.40. The van der Waals surface area contributed by atoms with Gasteiger partial charge in [-0.25, -0.2) is 27.2 Å². The Morgan fingerprint density at radius 2 is 2.09 bits per heavy atom. The van der Waals surface area contributed by atoms with Crippen molar-refractivity contribution in [3.05, 3.63) is 69.8 Å². The molecule has 4 rings (SSSR count). The van der Waals surface area contributed by atoms with Crippen LogP contribution in [0.1, 0.15) is 59.0 Å². The molecule has 2 aromatic carbocycles. The molecule has 0 aliphatic heterocycles. The highest BCUT2D eigenvalue weighted by molar-refractivity contribution is 5.67. The zero-order valence-electron chi connectivity index (χ0n) is 17.4. The van der Waals surface area contributed by atoms with Gasteiger partial charge >= 0.3 is 0 Å². The standard InChI is InChI=1S/C23H20F4N4O/c1-3-19(25)17-8-14(24)6-13(10-28)16(17)7-12-4-5-15(22-29-11-30-31(22)2)20-18(12)9-23(26,27)21(20)32/h4-6,8,11,19,21,32H,3,7,9H2,1-2H3. The van der Waals surface area contributed by atoms with Crippen LogP contribution in [0.3, 0.4) is 0 Å². The lowest BCUT2D eigenvalue weighted by atomic mass is 9.88. The summed E-state index contributed by atoms with van der Waals surface area (Å²) < 4.78 is 59.2. The summed E-state index contributed by atoms with van der Waals surface area (Å²) in [6.45, 7) is 1.59. The van der Waals surface area contributed by atoms with Gasteiger partial charge in [0.1, 0.15) is 24.4 Å². The largest absolute Gasteiger partial charge is 0.382 e. The smallest absolute Gasteiger partial charge is 0.281 e. The van der Waals surface area contributed by atoms with Gasteiger partial charge in [-0.15, -0.1) is 0 Å². The van der Waals surface area contributed by atoms with Crippen molar-refractivity contribution < 1.29 is 22.7 Å². The van der Waals surface area contributed by atoms with E-state index < -0.39 is 30.4 Å². The van der Waals surface area contributed by atoms with Crippen LogP contribution >= 0.6 is 0 Å². The second-order valence-electron chi connectivity index (χ2n) is 7.90. The van der Waals surface area contributed by atoms with E-state index in [2.05, 4.69) is 10.1 Å². The van der Waals surface area contributed by atoms with Crippen molar-refractivity contribution in [3.8, 4) is 17.5 Å². The fraction of sp³-hybridized carbons (Fsp3) is 0.348. The fourth-order valence-corrected chi connectivity index (χ4v) is 4.32. The molecule has 0 saturated heterocycles. The maximum absolute atomic E-state index is 14.6. The molecule has 166 valence electrons. The zero-order chi connectivity index (χ0) is 23.2. The number of halogens is 4. The number of aromatic nitrogens is 3. The third kappa shape index (κ3) is 3.54. The van der Waals surface area contributed by atoms with Gasteiger partial charge in [-0.05, 0) is 47.2 Å². The molecule has 1 N–H and O–H groups in total. The molecule has 0 amide bonds.